The predicted molar refractivity (Wildman–Crippen MR) is 177 cm³/mol. The summed E-state index contributed by atoms with van der Waals surface area (Å²) in [5.74, 6) is -0.745. The Hall–Kier alpha value is -3.77. The molecule has 0 saturated carbocycles. The molecule has 9 nitrogen and oxygen atoms in total. The van der Waals surface area contributed by atoms with Crippen molar-refractivity contribution in [2.24, 2.45) is 0 Å². The molecular formula is C34H38N4O5S2. The molecule has 2 aliphatic heterocycles. The van der Waals surface area contributed by atoms with E-state index in [0.717, 1.165) is 54.4 Å². The molecule has 2 atom stereocenters. The first-order valence-corrected chi connectivity index (χ1v) is 18.4. The highest BCUT2D eigenvalue weighted by molar-refractivity contribution is 7.92. The molecule has 1 amide bonds. The third-order valence-electron chi connectivity index (χ3n) is 8.71. The summed E-state index contributed by atoms with van der Waals surface area (Å²) in [5, 5.41) is 4.62. The van der Waals surface area contributed by atoms with Crippen molar-refractivity contribution < 1.29 is 21.6 Å². The lowest BCUT2D eigenvalue weighted by atomic mass is 10.0. The van der Waals surface area contributed by atoms with Gasteiger partial charge in [-0.2, -0.15) is 0 Å². The van der Waals surface area contributed by atoms with Gasteiger partial charge in [-0.05, 0) is 71.6 Å². The lowest BCUT2D eigenvalue weighted by molar-refractivity contribution is -0.122. The highest BCUT2D eigenvalue weighted by Crippen LogP contribution is 2.36. The Kier molecular flexibility index (Phi) is 8.96. The lowest BCUT2D eigenvalue weighted by Crippen LogP contribution is -2.44. The third-order valence-corrected chi connectivity index (χ3v) is 12.0. The first-order valence-electron chi connectivity index (χ1n) is 15.3. The van der Waals surface area contributed by atoms with Crippen LogP contribution in [0.15, 0.2) is 95.9 Å². The Morgan fingerprint density at radius 3 is 2.36 bits per heavy atom. The topological polar surface area (TPSA) is 116 Å². The van der Waals surface area contributed by atoms with Gasteiger partial charge in [0.2, 0.25) is 26.0 Å². The van der Waals surface area contributed by atoms with Gasteiger partial charge in [0, 0.05) is 20.0 Å². The average Bonchev–Trinajstić information content (AvgIpc) is 3.03. The number of sulfonamides is 2. The highest BCUT2D eigenvalue weighted by Gasteiger charge is 2.35. The van der Waals surface area contributed by atoms with E-state index in [0.29, 0.717) is 11.3 Å². The smallest absolute Gasteiger partial charge is 0.241 e. The first kappa shape index (κ1) is 31.2. The third kappa shape index (κ3) is 7.06. The summed E-state index contributed by atoms with van der Waals surface area (Å²) in [6.45, 7) is 2.79. The number of amides is 1. The van der Waals surface area contributed by atoms with Gasteiger partial charge in [-0.1, -0.05) is 79.2 Å². The van der Waals surface area contributed by atoms with Crippen LogP contribution in [-0.2, 0) is 31.4 Å². The molecular weight excluding hydrogens is 609 g/mol. The predicted octanol–water partition coefficient (Wildman–Crippen LogP) is 4.87. The quantitative estimate of drug-likeness (QED) is 0.268. The Balaban J connectivity index is 1.23. The van der Waals surface area contributed by atoms with Crippen LogP contribution in [0.5, 0.6) is 0 Å². The van der Waals surface area contributed by atoms with Crippen molar-refractivity contribution >= 4 is 42.4 Å². The molecule has 6 rings (SSSR count). The molecule has 0 radical (unpaired) electrons. The van der Waals surface area contributed by atoms with Gasteiger partial charge < -0.3 is 5.32 Å². The summed E-state index contributed by atoms with van der Waals surface area (Å²) in [6, 6.07) is 25.5. The number of benzene rings is 4. The lowest BCUT2D eigenvalue weighted by Gasteiger charge is -2.34. The van der Waals surface area contributed by atoms with Crippen molar-refractivity contribution in [1.82, 2.24) is 14.9 Å². The van der Waals surface area contributed by atoms with Gasteiger partial charge in [0.15, 0.2) is 0 Å². The van der Waals surface area contributed by atoms with Crippen LogP contribution in [0.25, 0.3) is 10.8 Å². The van der Waals surface area contributed by atoms with Crippen LogP contribution in [0, 0.1) is 0 Å². The van der Waals surface area contributed by atoms with E-state index in [4.69, 9.17) is 0 Å². The largest absolute Gasteiger partial charge is 0.348 e. The van der Waals surface area contributed by atoms with E-state index in [9.17, 15) is 21.6 Å². The molecule has 2 aliphatic rings. The number of carbonyl (C=O) groups excluding carboxylic acids is 1. The first-order chi connectivity index (χ1) is 21.6. The van der Waals surface area contributed by atoms with E-state index in [1.54, 1.807) is 49.5 Å². The minimum Gasteiger partial charge on any atom is -0.348 e. The SMILES string of the molecule is CN1c2cc(CN3CCCCC3)ccc2[C@@H](NC(=O)C[C@@H](NS(=O)(=O)c2ccc3ccccc3c2)c2ccccc2)CS1(=O)=O. The molecule has 45 heavy (non-hydrogen) atoms. The fraction of sp³-hybridized carbons (Fsp3) is 0.324. The van der Waals surface area contributed by atoms with Crippen LogP contribution < -0.4 is 14.3 Å². The van der Waals surface area contributed by atoms with Crippen LogP contribution in [0.2, 0.25) is 0 Å². The van der Waals surface area contributed by atoms with Crippen molar-refractivity contribution in [3.8, 4) is 0 Å². The second-order valence-corrected chi connectivity index (χ2v) is 15.7. The zero-order valence-electron chi connectivity index (χ0n) is 25.2. The fourth-order valence-corrected chi connectivity index (χ4v) is 8.88. The Bertz CT molecular complexity index is 1910. The summed E-state index contributed by atoms with van der Waals surface area (Å²) < 4.78 is 57.5. The van der Waals surface area contributed by atoms with Gasteiger partial charge >= 0.3 is 0 Å². The van der Waals surface area contributed by atoms with Gasteiger partial charge in [0.1, 0.15) is 0 Å². The maximum Gasteiger partial charge on any atom is 0.241 e. The highest BCUT2D eigenvalue weighted by atomic mass is 32.2. The molecule has 11 heteroatoms. The molecule has 0 spiro atoms. The number of nitrogens with one attached hydrogen (secondary N) is 2. The van der Waals surface area contributed by atoms with Crippen molar-refractivity contribution in [2.45, 2.75) is 49.2 Å². The number of carbonyl (C=O) groups is 1. The number of piperidine rings is 1. The van der Waals surface area contributed by atoms with E-state index in [1.807, 2.05) is 48.5 Å². The van der Waals surface area contributed by atoms with Crippen molar-refractivity contribution in [3.05, 3.63) is 108 Å². The molecule has 2 N–H and O–H groups in total. The molecule has 1 fully saturated rings. The maximum atomic E-state index is 13.6. The summed E-state index contributed by atoms with van der Waals surface area (Å²) in [7, 11) is -6.15. The molecule has 4 aromatic carbocycles. The van der Waals surface area contributed by atoms with E-state index in [-0.39, 0.29) is 17.1 Å². The second-order valence-electron chi connectivity index (χ2n) is 11.9. The number of rotatable bonds is 9. The van der Waals surface area contributed by atoms with Crippen molar-refractivity contribution in [3.63, 3.8) is 0 Å². The monoisotopic (exact) mass is 646 g/mol. The molecule has 0 unspecified atom stereocenters. The van der Waals surface area contributed by atoms with E-state index in [1.165, 1.54) is 10.7 Å². The average molecular weight is 647 g/mol. The molecule has 2 heterocycles. The summed E-state index contributed by atoms with van der Waals surface area (Å²) in [4.78, 5) is 16.0. The van der Waals surface area contributed by atoms with Gasteiger partial charge in [0.25, 0.3) is 0 Å². The van der Waals surface area contributed by atoms with Crippen LogP contribution in [0.4, 0.5) is 5.69 Å². The maximum absolute atomic E-state index is 13.6. The minimum absolute atomic E-state index is 0.0956. The molecule has 0 aromatic heterocycles. The Labute approximate surface area is 265 Å². The number of likely N-dealkylation sites (tertiary alicyclic amines) is 1. The zero-order chi connectivity index (χ0) is 31.6. The Morgan fingerprint density at radius 2 is 1.60 bits per heavy atom. The fourth-order valence-electron chi connectivity index (χ4n) is 6.25. The standard InChI is InChI=1S/C34H38N4O5S2/c1-37-33-20-25(23-38-18-8-3-9-19-38)14-17-30(33)32(24-44(37,40)41)35-34(39)22-31(27-11-4-2-5-12-27)36-45(42,43)29-16-15-26-10-6-7-13-28(26)21-29/h2,4-7,10-17,20-21,31-32,36H,3,8-9,18-19,22-24H2,1H3,(H,35,39)/t31-,32+/m1/s1. The molecule has 0 aliphatic carbocycles. The van der Waals surface area contributed by atoms with Crippen molar-refractivity contribution in [1.29, 1.82) is 0 Å². The van der Waals surface area contributed by atoms with Gasteiger partial charge in [-0.15, -0.1) is 0 Å². The van der Waals surface area contributed by atoms with Crippen LogP contribution in [0.1, 0.15) is 54.5 Å². The van der Waals surface area contributed by atoms with Crippen LogP contribution >= 0.6 is 0 Å². The number of anilines is 1. The van der Waals surface area contributed by atoms with Gasteiger partial charge in [0.05, 0.1) is 28.4 Å². The van der Waals surface area contributed by atoms with E-state index >= 15 is 0 Å². The molecule has 236 valence electrons. The summed E-state index contributed by atoms with van der Waals surface area (Å²) in [5.41, 5.74) is 2.92. The zero-order valence-corrected chi connectivity index (χ0v) is 26.9. The molecule has 1 saturated heterocycles. The minimum atomic E-state index is -4.01. The number of nitrogens with zero attached hydrogens (tertiary/aromatic N) is 2. The van der Waals surface area contributed by atoms with Gasteiger partial charge in [-0.25, -0.2) is 21.6 Å². The van der Waals surface area contributed by atoms with Gasteiger partial charge in [-0.3, -0.25) is 14.0 Å². The van der Waals surface area contributed by atoms with Crippen LogP contribution in [0.3, 0.4) is 0 Å². The van der Waals surface area contributed by atoms with Crippen molar-refractivity contribution in [2.75, 3.05) is 30.2 Å². The molecule has 0 bridgehead atoms. The normalized spacial score (nSPS) is 19.1. The van der Waals surface area contributed by atoms with Crippen LogP contribution in [-0.4, -0.2) is 53.5 Å². The van der Waals surface area contributed by atoms with E-state index in [2.05, 4.69) is 14.9 Å². The number of hydrogen-bond acceptors (Lipinski definition) is 6. The number of hydrogen-bond donors (Lipinski definition) is 2. The van der Waals surface area contributed by atoms with E-state index < -0.39 is 38.0 Å². The summed E-state index contributed by atoms with van der Waals surface area (Å²) >= 11 is 0. The summed E-state index contributed by atoms with van der Waals surface area (Å²) in [6.07, 6.45) is 3.34. The Morgan fingerprint density at radius 1 is 0.889 bits per heavy atom. The second kappa shape index (κ2) is 12.9. The molecule has 4 aromatic rings. The number of fused-ring (bicyclic) bond motifs is 2.